The van der Waals surface area contributed by atoms with Crippen LogP contribution in [0.1, 0.15) is 32.1 Å². The number of aliphatic hydroxyl groups excluding tert-OH is 1. The first-order valence-corrected chi connectivity index (χ1v) is 5.82. The fourth-order valence-corrected chi connectivity index (χ4v) is 2.07. The number of hydrogen-bond donors (Lipinski definition) is 1. The lowest BCUT2D eigenvalue weighted by Crippen LogP contribution is -2.08. The molecule has 1 atom stereocenters. The van der Waals surface area contributed by atoms with Gasteiger partial charge in [0, 0.05) is 11.1 Å². The van der Waals surface area contributed by atoms with Gasteiger partial charge in [-0.25, -0.2) is 4.98 Å². The number of nitrogens with zero attached hydrogens (tertiary/aromatic N) is 2. The lowest BCUT2D eigenvalue weighted by Gasteiger charge is -2.14. The van der Waals surface area contributed by atoms with Crippen molar-refractivity contribution in [3.63, 3.8) is 0 Å². The molecule has 2 rings (SSSR count). The van der Waals surface area contributed by atoms with Crippen LogP contribution in [-0.2, 0) is 6.61 Å². The number of benzene rings is 1. The largest absolute Gasteiger partial charge is 0.388 e. The smallest absolute Gasteiger partial charge is 0.135 e. The van der Waals surface area contributed by atoms with Crippen molar-refractivity contribution >= 4 is 22.6 Å². The average Bonchev–Trinajstić information content (AvgIpc) is 2.65. The molecule has 0 aliphatic carbocycles. The van der Waals surface area contributed by atoms with E-state index in [1.54, 1.807) is 0 Å². The van der Waals surface area contributed by atoms with Crippen LogP contribution in [0.2, 0.25) is 5.02 Å². The number of fused-ring (bicyclic) bond motifs is 1. The van der Waals surface area contributed by atoms with Gasteiger partial charge in [0.05, 0.1) is 11.0 Å². The maximum atomic E-state index is 9.32. The molecule has 16 heavy (non-hydrogen) atoms. The van der Waals surface area contributed by atoms with E-state index < -0.39 is 0 Å². The minimum Gasteiger partial charge on any atom is -0.388 e. The molecule has 0 spiro atoms. The molecule has 3 nitrogen and oxygen atoms in total. The summed E-state index contributed by atoms with van der Waals surface area (Å²) in [5, 5.41) is 9.99. The fraction of sp³-hybridized carbons (Fsp3) is 0.417. The zero-order valence-corrected chi connectivity index (χ0v) is 10.2. The van der Waals surface area contributed by atoms with Gasteiger partial charge in [0.1, 0.15) is 12.4 Å². The van der Waals surface area contributed by atoms with Crippen molar-refractivity contribution < 1.29 is 5.11 Å². The van der Waals surface area contributed by atoms with E-state index >= 15 is 0 Å². The number of aliphatic hydroxyl groups is 1. The van der Waals surface area contributed by atoms with Gasteiger partial charge in [-0.2, -0.15) is 0 Å². The molecule has 1 aromatic heterocycles. The highest BCUT2D eigenvalue weighted by Crippen LogP contribution is 2.25. The van der Waals surface area contributed by atoms with Crippen LogP contribution in [0.25, 0.3) is 11.0 Å². The van der Waals surface area contributed by atoms with Crippen LogP contribution >= 0.6 is 11.6 Å². The van der Waals surface area contributed by atoms with E-state index in [1.807, 2.05) is 18.2 Å². The summed E-state index contributed by atoms with van der Waals surface area (Å²) in [7, 11) is 0. The second-order valence-corrected chi connectivity index (χ2v) is 4.38. The van der Waals surface area contributed by atoms with Crippen LogP contribution in [-0.4, -0.2) is 14.7 Å². The van der Waals surface area contributed by atoms with Crippen molar-refractivity contribution in [2.45, 2.75) is 32.9 Å². The van der Waals surface area contributed by atoms with Gasteiger partial charge in [-0.3, -0.25) is 0 Å². The summed E-state index contributed by atoms with van der Waals surface area (Å²) >= 11 is 5.93. The Balaban J connectivity index is 2.68. The van der Waals surface area contributed by atoms with Crippen LogP contribution in [0.5, 0.6) is 0 Å². The molecule has 1 heterocycles. The van der Waals surface area contributed by atoms with E-state index in [0.717, 1.165) is 17.5 Å². The van der Waals surface area contributed by atoms with Crippen molar-refractivity contribution in [3.05, 3.63) is 29.0 Å². The Bertz CT molecular complexity index is 507. The van der Waals surface area contributed by atoms with E-state index in [4.69, 9.17) is 11.6 Å². The van der Waals surface area contributed by atoms with Crippen molar-refractivity contribution in [1.29, 1.82) is 0 Å². The van der Waals surface area contributed by atoms with E-state index in [1.165, 1.54) is 0 Å². The molecule has 0 unspecified atom stereocenters. The van der Waals surface area contributed by atoms with Gasteiger partial charge in [-0.15, -0.1) is 0 Å². The Labute approximate surface area is 99.7 Å². The zero-order valence-electron chi connectivity index (χ0n) is 9.44. The first-order chi connectivity index (χ1) is 7.67. The Morgan fingerprint density at radius 1 is 1.50 bits per heavy atom. The molecule has 0 saturated heterocycles. The maximum absolute atomic E-state index is 9.32. The van der Waals surface area contributed by atoms with Gasteiger partial charge in [-0.05, 0) is 31.5 Å². The third-order valence-electron chi connectivity index (χ3n) is 2.90. The highest BCUT2D eigenvalue weighted by atomic mass is 35.5. The van der Waals surface area contributed by atoms with Gasteiger partial charge in [0.15, 0.2) is 0 Å². The summed E-state index contributed by atoms with van der Waals surface area (Å²) in [4.78, 5) is 4.39. The number of hydrogen-bond acceptors (Lipinski definition) is 2. The molecule has 4 heteroatoms. The number of rotatable bonds is 3. The number of halogens is 1. The topological polar surface area (TPSA) is 38.0 Å². The SMILES string of the molecule is CC[C@H](C)n1c(CO)nc2cc(Cl)ccc21. The van der Waals surface area contributed by atoms with E-state index in [0.29, 0.717) is 16.9 Å². The first kappa shape index (κ1) is 11.4. The van der Waals surface area contributed by atoms with Crippen LogP contribution in [0.4, 0.5) is 0 Å². The maximum Gasteiger partial charge on any atom is 0.135 e. The average molecular weight is 239 g/mol. The molecule has 0 saturated carbocycles. The molecule has 1 N–H and O–H groups in total. The molecule has 0 fully saturated rings. The van der Waals surface area contributed by atoms with Crippen molar-refractivity contribution in [2.75, 3.05) is 0 Å². The highest BCUT2D eigenvalue weighted by molar-refractivity contribution is 6.31. The van der Waals surface area contributed by atoms with Gasteiger partial charge >= 0.3 is 0 Å². The standard InChI is InChI=1S/C12H15ClN2O/c1-3-8(2)15-11-5-4-9(13)6-10(11)14-12(15)7-16/h4-6,8,16H,3,7H2,1-2H3/t8-/m0/s1. The third kappa shape index (κ3) is 1.81. The van der Waals surface area contributed by atoms with Gasteiger partial charge < -0.3 is 9.67 Å². The van der Waals surface area contributed by atoms with Gasteiger partial charge in [0.25, 0.3) is 0 Å². The van der Waals surface area contributed by atoms with Crippen LogP contribution in [0, 0.1) is 0 Å². The molecule has 2 aromatic rings. The van der Waals surface area contributed by atoms with Crippen molar-refractivity contribution in [2.24, 2.45) is 0 Å². The van der Waals surface area contributed by atoms with Gasteiger partial charge in [-0.1, -0.05) is 18.5 Å². The fourth-order valence-electron chi connectivity index (χ4n) is 1.91. The molecule has 0 aliphatic rings. The normalized spacial score (nSPS) is 13.2. The minimum absolute atomic E-state index is 0.0450. The Morgan fingerprint density at radius 2 is 2.25 bits per heavy atom. The summed E-state index contributed by atoms with van der Waals surface area (Å²) < 4.78 is 2.08. The molecule has 0 amide bonds. The lowest BCUT2D eigenvalue weighted by molar-refractivity contribution is 0.262. The quantitative estimate of drug-likeness (QED) is 0.892. The molecule has 0 bridgehead atoms. The molecule has 86 valence electrons. The summed E-state index contributed by atoms with van der Waals surface area (Å²) in [5.74, 6) is 0.701. The van der Waals surface area contributed by atoms with Crippen molar-refractivity contribution in [3.8, 4) is 0 Å². The molecule has 0 radical (unpaired) electrons. The summed E-state index contributed by atoms with van der Waals surface area (Å²) in [5.41, 5.74) is 1.87. The second kappa shape index (κ2) is 4.44. The van der Waals surface area contributed by atoms with Crippen LogP contribution in [0.15, 0.2) is 18.2 Å². The zero-order chi connectivity index (χ0) is 11.7. The summed E-state index contributed by atoms with van der Waals surface area (Å²) in [6.45, 7) is 4.19. The van der Waals surface area contributed by atoms with E-state index in [-0.39, 0.29) is 6.61 Å². The summed E-state index contributed by atoms with van der Waals surface area (Å²) in [6, 6.07) is 5.96. The van der Waals surface area contributed by atoms with Gasteiger partial charge in [0.2, 0.25) is 0 Å². The van der Waals surface area contributed by atoms with E-state index in [9.17, 15) is 5.11 Å². The Kier molecular flexibility index (Phi) is 3.17. The predicted molar refractivity (Wildman–Crippen MR) is 65.7 cm³/mol. The summed E-state index contributed by atoms with van der Waals surface area (Å²) in [6.07, 6.45) is 1.00. The van der Waals surface area contributed by atoms with Crippen LogP contribution < -0.4 is 0 Å². The van der Waals surface area contributed by atoms with Crippen LogP contribution in [0.3, 0.4) is 0 Å². The molecular weight excluding hydrogens is 224 g/mol. The Hall–Kier alpha value is -1.06. The molecule has 1 aromatic carbocycles. The monoisotopic (exact) mass is 238 g/mol. The second-order valence-electron chi connectivity index (χ2n) is 3.95. The first-order valence-electron chi connectivity index (χ1n) is 5.44. The lowest BCUT2D eigenvalue weighted by atomic mass is 10.2. The Morgan fingerprint density at radius 3 is 2.88 bits per heavy atom. The molecule has 0 aliphatic heterocycles. The highest BCUT2D eigenvalue weighted by Gasteiger charge is 2.13. The van der Waals surface area contributed by atoms with E-state index in [2.05, 4.69) is 23.4 Å². The molecular formula is C12H15ClN2O. The number of aromatic nitrogens is 2. The van der Waals surface area contributed by atoms with Crippen molar-refractivity contribution in [1.82, 2.24) is 9.55 Å². The predicted octanol–water partition coefficient (Wildman–Crippen LogP) is 3.15. The number of imidazole rings is 1. The minimum atomic E-state index is -0.0450. The third-order valence-corrected chi connectivity index (χ3v) is 3.13.